The van der Waals surface area contributed by atoms with Crippen LogP contribution in [0.3, 0.4) is 0 Å². The van der Waals surface area contributed by atoms with Crippen LogP contribution in [0.15, 0.2) is 17.4 Å². The number of guanidine groups is 1. The van der Waals surface area contributed by atoms with E-state index in [1.165, 1.54) is 32.1 Å². The van der Waals surface area contributed by atoms with E-state index in [9.17, 15) is 4.79 Å². The molecule has 2 fully saturated rings. The van der Waals surface area contributed by atoms with Gasteiger partial charge in [0.2, 0.25) is 5.91 Å². The average Bonchev–Trinajstić information content (AvgIpc) is 3.13. The van der Waals surface area contributed by atoms with Gasteiger partial charge in [-0.05, 0) is 26.2 Å². The summed E-state index contributed by atoms with van der Waals surface area (Å²) in [6, 6.07) is 0. The second kappa shape index (κ2) is 12.4. The summed E-state index contributed by atoms with van der Waals surface area (Å²) in [4.78, 5) is 21.2. The van der Waals surface area contributed by atoms with Crippen molar-refractivity contribution in [2.45, 2.75) is 51.6 Å². The highest BCUT2D eigenvalue weighted by atomic mass is 127. The zero-order valence-corrected chi connectivity index (χ0v) is 20.0. The number of anilines is 1. The first-order chi connectivity index (χ1) is 13.7. The molecule has 1 aromatic heterocycles. The van der Waals surface area contributed by atoms with Crippen LogP contribution in [0.1, 0.15) is 45.4 Å². The van der Waals surface area contributed by atoms with E-state index >= 15 is 0 Å². The number of aliphatic imine (C=N–C) groups is 1. The van der Waals surface area contributed by atoms with Gasteiger partial charge in [0.05, 0.1) is 18.0 Å². The lowest BCUT2D eigenvalue weighted by molar-refractivity contribution is -0.120. The molecule has 1 saturated heterocycles. The molecule has 1 aromatic rings. The lowest BCUT2D eigenvalue weighted by Crippen LogP contribution is -2.55. The summed E-state index contributed by atoms with van der Waals surface area (Å²) in [6.45, 7) is 6.04. The van der Waals surface area contributed by atoms with Gasteiger partial charge in [0.1, 0.15) is 6.54 Å². The molecule has 0 bridgehead atoms. The summed E-state index contributed by atoms with van der Waals surface area (Å²) >= 11 is 0. The number of halogens is 1. The third-order valence-electron chi connectivity index (χ3n) is 5.33. The molecule has 164 valence electrons. The number of piperazine rings is 1. The van der Waals surface area contributed by atoms with Gasteiger partial charge in [-0.3, -0.25) is 14.5 Å². The van der Waals surface area contributed by atoms with Gasteiger partial charge in [-0.2, -0.15) is 5.10 Å². The maximum absolute atomic E-state index is 12.6. The Balaban J connectivity index is 0.00000300. The van der Waals surface area contributed by atoms with Gasteiger partial charge in [0.15, 0.2) is 5.96 Å². The molecule has 3 rings (SSSR count). The number of nitrogens with zero attached hydrogens (tertiary/aromatic N) is 5. The summed E-state index contributed by atoms with van der Waals surface area (Å²) in [6.07, 6.45) is 11.3. The molecule has 1 amide bonds. The highest BCUT2D eigenvalue weighted by Gasteiger charge is 2.27. The van der Waals surface area contributed by atoms with Crippen LogP contribution < -0.4 is 10.2 Å². The number of amides is 1. The van der Waals surface area contributed by atoms with Crippen LogP contribution >= 0.6 is 24.0 Å². The van der Waals surface area contributed by atoms with E-state index in [-0.39, 0.29) is 29.9 Å². The first kappa shape index (κ1) is 23.9. The van der Waals surface area contributed by atoms with Gasteiger partial charge in [0.25, 0.3) is 0 Å². The SMILES string of the molecule is CCNC(=NCCCOC1CCCCC1)N1CCN(c2cnn(C)c2)C(=O)C1.I. The minimum absolute atomic E-state index is 0. The van der Waals surface area contributed by atoms with E-state index in [1.807, 2.05) is 18.1 Å². The molecule has 29 heavy (non-hydrogen) atoms. The second-order valence-corrected chi connectivity index (χ2v) is 7.56. The number of aromatic nitrogens is 2. The second-order valence-electron chi connectivity index (χ2n) is 7.56. The number of rotatable bonds is 7. The number of nitrogens with one attached hydrogen (secondary N) is 1. The molecule has 0 spiro atoms. The van der Waals surface area contributed by atoms with Gasteiger partial charge in [-0.1, -0.05) is 19.3 Å². The summed E-state index contributed by atoms with van der Waals surface area (Å²) in [5.74, 6) is 0.893. The van der Waals surface area contributed by atoms with Crippen LogP contribution in [0.4, 0.5) is 5.69 Å². The third-order valence-corrected chi connectivity index (χ3v) is 5.33. The average molecular weight is 518 g/mol. The Bertz CT molecular complexity index is 659. The minimum atomic E-state index is 0. The maximum Gasteiger partial charge on any atom is 0.246 e. The van der Waals surface area contributed by atoms with Crippen molar-refractivity contribution in [3.63, 3.8) is 0 Å². The minimum Gasteiger partial charge on any atom is -0.378 e. The van der Waals surface area contributed by atoms with E-state index in [4.69, 9.17) is 9.73 Å². The molecule has 0 atom stereocenters. The molecule has 0 unspecified atom stereocenters. The largest absolute Gasteiger partial charge is 0.378 e. The lowest BCUT2D eigenvalue weighted by atomic mass is 9.98. The standard InChI is InChI=1S/C20H34N6O2.HI/c1-3-21-20(22-10-7-13-28-18-8-5-4-6-9-18)25-11-12-26(19(27)16-25)17-14-23-24(2)15-17;/h14-15,18H,3-13,16H2,1-2H3,(H,21,22);1H. The number of ether oxygens (including phenoxy) is 1. The van der Waals surface area contributed by atoms with Crippen LogP contribution in [0.25, 0.3) is 0 Å². The fourth-order valence-electron chi connectivity index (χ4n) is 3.83. The summed E-state index contributed by atoms with van der Waals surface area (Å²) < 4.78 is 7.70. The predicted octanol–water partition coefficient (Wildman–Crippen LogP) is 2.39. The number of carbonyl (C=O) groups is 1. The van der Waals surface area contributed by atoms with Crippen molar-refractivity contribution in [2.24, 2.45) is 12.0 Å². The van der Waals surface area contributed by atoms with Crippen LogP contribution in [0, 0.1) is 0 Å². The maximum atomic E-state index is 12.6. The van der Waals surface area contributed by atoms with Crippen molar-refractivity contribution in [1.82, 2.24) is 20.0 Å². The quantitative estimate of drug-likeness (QED) is 0.260. The molecule has 2 aliphatic rings. The molecule has 1 aliphatic carbocycles. The van der Waals surface area contributed by atoms with Crippen molar-refractivity contribution in [1.29, 1.82) is 0 Å². The zero-order chi connectivity index (χ0) is 19.8. The van der Waals surface area contributed by atoms with E-state index in [1.54, 1.807) is 15.8 Å². The first-order valence-electron chi connectivity index (χ1n) is 10.6. The van der Waals surface area contributed by atoms with Crippen LogP contribution in [-0.2, 0) is 16.6 Å². The van der Waals surface area contributed by atoms with E-state index in [0.29, 0.717) is 25.7 Å². The Labute approximate surface area is 191 Å². The summed E-state index contributed by atoms with van der Waals surface area (Å²) in [7, 11) is 1.86. The topological polar surface area (TPSA) is 75.0 Å². The van der Waals surface area contributed by atoms with E-state index < -0.39 is 0 Å². The van der Waals surface area contributed by atoms with Crippen molar-refractivity contribution >= 4 is 41.5 Å². The number of hydrogen-bond donors (Lipinski definition) is 1. The molecule has 2 heterocycles. The van der Waals surface area contributed by atoms with Crippen molar-refractivity contribution in [3.05, 3.63) is 12.4 Å². The molecule has 1 N–H and O–H groups in total. The molecule has 0 radical (unpaired) electrons. The normalized spacial score (nSPS) is 18.7. The molecule has 8 nitrogen and oxygen atoms in total. The zero-order valence-electron chi connectivity index (χ0n) is 17.7. The van der Waals surface area contributed by atoms with E-state index in [2.05, 4.69) is 17.3 Å². The Morgan fingerprint density at radius 1 is 1.31 bits per heavy atom. The summed E-state index contributed by atoms with van der Waals surface area (Å²) in [5, 5.41) is 7.48. The van der Waals surface area contributed by atoms with Crippen molar-refractivity contribution < 1.29 is 9.53 Å². The molecular formula is C20H35IN6O2. The smallest absolute Gasteiger partial charge is 0.246 e. The third kappa shape index (κ3) is 7.13. The molecule has 0 aromatic carbocycles. The van der Waals surface area contributed by atoms with Crippen molar-refractivity contribution in [3.8, 4) is 0 Å². The Kier molecular flexibility index (Phi) is 10.2. The monoisotopic (exact) mass is 518 g/mol. The number of aryl methyl sites for hydroxylation is 1. The van der Waals surface area contributed by atoms with Gasteiger partial charge >= 0.3 is 0 Å². The van der Waals surface area contributed by atoms with Crippen molar-refractivity contribution in [2.75, 3.05) is 44.2 Å². The van der Waals surface area contributed by atoms with E-state index in [0.717, 1.165) is 37.8 Å². The Hall–Kier alpha value is -1.36. The summed E-state index contributed by atoms with van der Waals surface area (Å²) in [5.41, 5.74) is 0.856. The van der Waals surface area contributed by atoms with Crippen LogP contribution in [0.2, 0.25) is 0 Å². The lowest BCUT2D eigenvalue weighted by Gasteiger charge is -2.35. The highest BCUT2D eigenvalue weighted by molar-refractivity contribution is 14.0. The highest BCUT2D eigenvalue weighted by Crippen LogP contribution is 2.20. The van der Waals surface area contributed by atoms with Gasteiger partial charge in [0, 0.05) is 46.0 Å². The predicted molar refractivity (Wildman–Crippen MR) is 126 cm³/mol. The first-order valence-corrected chi connectivity index (χ1v) is 10.6. The Morgan fingerprint density at radius 2 is 2.10 bits per heavy atom. The molecule has 1 aliphatic heterocycles. The fourth-order valence-corrected chi connectivity index (χ4v) is 3.83. The van der Waals surface area contributed by atoms with Gasteiger partial charge in [-0.25, -0.2) is 0 Å². The Morgan fingerprint density at radius 3 is 2.76 bits per heavy atom. The molecular weight excluding hydrogens is 483 g/mol. The molecule has 9 heteroatoms. The number of carbonyl (C=O) groups excluding carboxylic acids is 1. The van der Waals surface area contributed by atoms with Crippen LogP contribution in [-0.4, -0.2) is 72.0 Å². The molecule has 1 saturated carbocycles. The van der Waals surface area contributed by atoms with Gasteiger partial charge < -0.3 is 19.9 Å². The van der Waals surface area contributed by atoms with Crippen LogP contribution in [0.5, 0.6) is 0 Å². The fraction of sp³-hybridized carbons (Fsp3) is 0.750. The number of hydrogen-bond acceptors (Lipinski definition) is 4. The van der Waals surface area contributed by atoms with Gasteiger partial charge in [-0.15, -0.1) is 24.0 Å².